The van der Waals surface area contributed by atoms with Crippen LogP contribution in [-0.2, 0) is 0 Å². The van der Waals surface area contributed by atoms with E-state index in [0.717, 1.165) is 60.2 Å². The first-order chi connectivity index (χ1) is 15.1. The Morgan fingerprint density at radius 1 is 1.10 bits per heavy atom. The quantitative estimate of drug-likeness (QED) is 0.686. The SMILES string of the molecule is Cc1ccc2cc(C(c3nnnn3C3CCCCC3)N3CCCC(C)C3)c(=O)[nH]c2c1. The molecule has 2 fully saturated rings. The van der Waals surface area contributed by atoms with Gasteiger partial charge in [0.15, 0.2) is 5.82 Å². The van der Waals surface area contributed by atoms with Crippen LogP contribution in [0.25, 0.3) is 10.9 Å². The number of aromatic nitrogens is 5. The van der Waals surface area contributed by atoms with Crippen molar-refractivity contribution < 1.29 is 0 Å². The summed E-state index contributed by atoms with van der Waals surface area (Å²) < 4.78 is 2.03. The van der Waals surface area contributed by atoms with E-state index in [4.69, 9.17) is 0 Å². The summed E-state index contributed by atoms with van der Waals surface area (Å²) in [5.74, 6) is 1.41. The van der Waals surface area contributed by atoms with Crippen molar-refractivity contribution in [3.63, 3.8) is 0 Å². The average molecular weight is 421 g/mol. The summed E-state index contributed by atoms with van der Waals surface area (Å²) in [6, 6.07) is 8.36. The molecule has 0 radical (unpaired) electrons. The van der Waals surface area contributed by atoms with Crippen molar-refractivity contribution >= 4 is 10.9 Å². The van der Waals surface area contributed by atoms with Gasteiger partial charge in [-0.2, -0.15) is 0 Å². The van der Waals surface area contributed by atoms with E-state index in [-0.39, 0.29) is 11.6 Å². The highest BCUT2D eigenvalue weighted by molar-refractivity contribution is 5.79. The number of benzene rings is 1. The Balaban J connectivity index is 1.63. The summed E-state index contributed by atoms with van der Waals surface area (Å²) in [5.41, 5.74) is 2.72. The number of hydrogen-bond acceptors (Lipinski definition) is 5. The fourth-order valence-corrected chi connectivity index (χ4v) is 5.46. The number of nitrogens with zero attached hydrogens (tertiary/aromatic N) is 5. The first-order valence-electron chi connectivity index (χ1n) is 11.8. The minimum Gasteiger partial charge on any atom is -0.322 e. The van der Waals surface area contributed by atoms with Crippen LogP contribution in [0.2, 0.25) is 0 Å². The molecule has 31 heavy (non-hydrogen) atoms. The van der Waals surface area contributed by atoms with E-state index >= 15 is 0 Å². The number of nitrogens with one attached hydrogen (secondary N) is 1. The molecular formula is C24H32N6O. The lowest BCUT2D eigenvalue weighted by atomic mass is 9.93. The highest BCUT2D eigenvalue weighted by Gasteiger charge is 2.34. The van der Waals surface area contributed by atoms with Crippen molar-refractivity contribution in [3.8, 4) is 0 Å². The average Bonchev–Trinajstić information content (AvgIpc) is 3.24. The standard InChI is InChI=1S/C24H32N6O/c1-16-10-11-18-14-20(24(31)25-21(18)13-16)22(29-12-6-7-17(2)15-29)23-26-27-28-30(23)19-8-4-3-5-9-19/h10-11,13-14,17,19,22H,3-9,12,15H2,1-2H3,(H,25,31). The summed E-state index contributed by atoms with van der Waals surface area (Å²) >= 11 is 0. The second-order valence-corrected chi connectivity index (χ2v) is 9.56. The molecule has 2 aliphatic rings. The van der Waals surface area contributed by atoms with Gasteiger partial charge in [0, 0.05) is 17.6 Å². The van der Waals surface area contributed by atoms with Crippen molar-refractivity contribution in [1.82, 2.24) is 30.1 Å². The van der Waals surface area contributed by atoms with E-state index in [1.165, 1.54) is 25.7 Å². The third-order valence-electron chi connectivity index (χ3n) is 7.06. The second-order valence-electron chi connectivity index (χ2n) is 9.56. The van der Waals surface area contributed by atoms with Crippen LogP contribution in [0.1, 0.15) is 80.9 Å². The van der Waals surface area contributed by atoms with Gasteiger partial charge < -0.3 is 4.98 Å². The zero-order valence-electron chi connectivity index (χ0n) is 18.5. The Morgan fingerprint density at radius 3 is 2.74 bits per heavy atom. The number of rotatable bonds is 4. The molecule has 164 valence electrons. The molecular weight excluding hydrogens is 388 g/mol. The minimum atomic E-state index is -0.228. The molecule has 0 bridgehead atoms. The number of pyridine rings is 1. The lowest BCUT2D eigenvalue weighted by Gasteiger charge is -2.37. The minimum absolute atomic E-state index is 0.0421. The zero-order chi connectivity index (χ0) is 21.4. The van der Waals surface area contributed by atoms with Gasteiger partial charge in [0.1, 0.15) is 6.04 Å². The number of tetrazole rings is 1. The Bertz CT molecular complexity index is 1110. The first-order valence-corrected chi connectivity index (χ1v) is 11.8. The van der Waals surface area contributed by atoms with Crippen LogP contribution in [0.5, 0.6) is 0 Å². The molecule has 0 amide bonds. The molecule has 1 aromatic carbocycles. The van der Waals surface area contributed by atoms with Gasteiger partial charge >= 0.3 is 0 Å². The molecule has 0 spiro atoms. The first kappa shape index (κ1) is 20.4. The number of hydrogen-bond donors (Lipinski definition) is 1. The summed E-state index contributed by atoms with van der Waals surface area (Å²) in [6.07, 6.45) is 8.28. The molecule has 1 aliphatic heterocycles. The summed E-state index contributed by atoms with van der Waals surface area (Å²) in [5, 5.41) is 14.1. The van der Waals surface area contributed by atoms with Crippen molar-refractivity contribution in [2.75, 3.05) is 13.1 Å². The third-order valence-corrected chi connectivity index (χ3v) is 7.06. The molecule has 5 rings (SSSR count). The van der Waals surface area contributed by atoms with E-state index in [1.807, 2.05) is 17.7 Å². The van der Waals surface area contributed by atoms with E-state index in [0.29, 0.717) is 12.0 Å². The fourth-order valence-electron chi connectivity index (χ4n) is 5.46. The second kappa shape index (κ2) is 8.54. The monoisotopic (exact) mass is 420 g/mol. The lowest BCUT2D eigenvalue weighted by molar-refractivity contribution is 0.138. The summed E-state index contributed by atoms with van der Waals surface area (Å²) in [4.78, 5) is 18.9. The number of likely N-dealkylation sites (tertiary alicyclic amines) is 1. The van der Waals surface area contributed by atoms with Crippen LogP contribution < -0.4 is 5.56 Å². The Labute approximate surface area is 182 Å². The Kier molecular flexibility index (Phi) is 5.61. The number of aryl methyl sites for hydroxylation is 1. The summed E-state index contributed by atoms with van der Waals surface area (Å²) in [6.45, 7) is 6.24. The fraction of sp³-hybridized carbons (Fsp3) is 0.583. The Morgan fingerprint density at radius 2 is 1.94 bits per heavy atom. The van der Waals surface area contributed by atoms with Crippen LogP contribution in [0.3, 0.4) is 0 Å². The maximum atomic E-state index is 13.3. The predicted octanol–water partition coefficient (Wildman–Crippen LogP) is 4.15. The topological polar surface area (TPSA) is 79.7 Å². The number of fused-ring (bicyclic) bond motifs is 1. The molecule has 7 heteroatoms. The van der Waals surface area contributed by atoms with Crippen LogP contribution >= 0.6 is 0 Å². The van der Waals surface area contributed by atoms with Crippen molar-refractivity contribution in [1.29, 1.82) is 0 Å². The number of H-pyrrole nitrogens is 1. The van der Waals surface area contributed by atoms with Crippen molar-refractivity contribution in [2.24, 2.45) is 5.92 Å². The molecule has 3 aromatic rings. The normalized spacial score (nSPS) is 22.1. The van der Waals surface area contributed by atoms with Crippen LogP contribution in [0.15, 0.2) is 29.1 Å². The molecule has 1 aliphatic carbocycles. The summed E-state index contributed by atoms with van der Waals surface area (Å²) in [7, 11) is 0. The van der Waals surface area contributed by atoms with Crippen LogP contribution in [-0.4, -0.2) is 43.2 Å². The van der Waals surface area contributed by atoms with Gasteiger partial charge in [-0.1, -0.05) is 38.3 Å². The molecule has 7 nitrogen and oxygen atoms in total. The van der Waals surface area contributed by atoms with E-state index in [2.05, 4.69) is 50.5 Å². The van der Waals surface area contributed by atoms with Gasteiger partial charge in [-0.3, -0.25) is 9.69 Å². The smallest absolute Gasteiger partial charge is 0.253 e. The van der Waals surface area contributed by atoms with Crippen LogP contribution in [0, 0.1) is 12.8 Å². The van der Waals surface area contributed by atoms with Crippen LogP contribution in [0.4, 0.5) is 0 Å². The van der Waals surface area contributed by atoms with Gasteiger partial charge in [-0.05, 0) is 78.6 Å². The predicted molar refractivity (Wildman–Crippen MR) is 121 cm³/mol. The van der Waals surface area contributed by atoms with Gasteiger partial charge in [0.05, 0.1) is 6.04 Å². The highest BCUT2D eigenvalue weighted by atomic mass is 16.1. The maximum Gasteiger partial charge on any atom is 0.253 e. The maximum absolute atomic E-state index is 13.3. The van der Waals surface area contributed by atoms with Crippen molar-refractivity contribution in [3.05, 3.63) is 51.6 Å². The zero-order valence-corrected chi connectivity index (χ0v) is 18.5. The molecule has 3 heterocycles. The molecule has 2 atom stereocenters. The largest absolute Gasteiger partial charge is 0.322 e. The highest BCUT2D eigenvalue weighted by Crippen LogP contribution is 2.34. The third kappa shape index (κ3) is 4.03. The number of aromatic amines is 1. The number of piperidine rings is 1. The van der Waals surface area contributed by atoms with Gasteiger partial charge in [0.2, 0.25) is 0 Å². The van der Waals surface area contributed by atoms with Gasteiger partial charge in [-0.15, -0.1) is 5.10 Å². The van der Waals surface area contributed by atoms with Crippen molar-refractivity contribution in [2.45, 2.75) is 70.9 Å². The molecule has 2 aromatic heterocycles. The molecule has 2 unspecified atom stereocenters. The lowest BCUT2D eigenvalue weighted by Crippen LogP contribution is -2.41. The molecule has 1 saturated carbocycles. The van der Waals surface area contributed by atoms with Gasteiger partial charge in [-0.25, -0.2) is 4.68 Å². The van der Waals surface area contributed by atoms with Gasteiger partial charge in [0.25, 0.3) is 5.56 Å². The van der Waals surface area contributed by atoms with E-state index < -0.39 is 0 Å². The molecule has 1 N–H and O–H groups in total. The molecule has 1 saturated heterocycles. The Hall–Kier alpha value is -2.54. The van der Waals surface area contributed by atoms with E-state index in [9.17, 15) is 4.79 Å². The van der Waals surface area contributed by atoms with E-state index in [1.54, 1.807) is 0 Å².